The number of fused-ring (bicyclic) bond motifs is 1. The van der Waals surface area contributed by atoms with E-state index in [2.05, 4.69) is 25.4 Å². The topological polar surface area (TPSA) is 161 Å². The Hall–Kier alpha value is -4.82. The Bertz CT molecular complexity index is 2100. The molecule has 0 fully saturated rings. The third-order valence-electron chi connectivity index (χ3n) is 6.71. The zero-order valence-electron chi connectivity index (χ0n) is 23.4. The molecule has 224 valence electrons. The maximum absolute atomic E-state index is 11.5. The minimum atomic E-state index is -4.36. The van der Waals surface area contributed by atoms with Crippen molar-refractivity contribution in [3.8, 4) is 0 Å². The van der Waals surface area contributed by atoms with E-state index in [1.54, 1.807) is 30.3 Å². The van der Waals surface area contributed by atoms with Gasteiger partial charge in [0.2, 0.25) is 0 Å². The van der Waals surface area contributed by atoms with Crippen molar-refractivity contribution in [2.75, 3.05) is 11.4 Å². The second kappa shape index (κ2) is 12.8. The maximum Gasteiger partial charge on any atom is 0.294 e. The van der Waals surface area contributed by atoms with Crippen LogP contribution in [0.3, 0.4) is 0 Å². The van der Waals surface area contributed by atoms with Crippen molar-refractivity contribution >= 4 is 59.4 Å². The Labute approximate surface area is 254 Å². The van der Waals surface area contributed by atoms with Crippen LogP contribution in [0.4, 0.5) is 28.4 Å². The van der Waals surface area contributed by atoms with Crippen LogP contribution >= 0.6 is 0 Å². The van der Waals surface area contributed by atoms with Crippen LogP contribution in [0.15, 0.2) is 139 Å². The molecule has 2 N–H and O–H groups in total. The molecule has 0 aliphatic heterocycles. The summed E-state index contributed by atoms with van der Waals surface area (Å²) in [4.78, 5) is 1.65. The Morgan fingerprint density at radius 1 is 0.591 bits per heavy atom. The highest BCUT2D eigenvalue weighted by Crippen LogP contribution is 2.35. The van der Waals surface area contributed by atoms with Crippen molar-refractivity contribution in [1.82, 2.24) is 0 Å². The van der Waals surface area contributed by atoms with Gasteiger partial charge in [-0.2, -0.15) is 27.1 Å². The molecule has 0 amide bonds. The van der Waals surface area contributed by atoms with E-state index >= 15 is 0 Å². The zero-order valence-corrected chi connectivity index (χ0v) is 25.0. The molecule has 0 aliphatic rings. The van der Waals surface area contributed by atoms with Gasteiger partial charge in [-0.25, -0.2) is 0 Å². The van der Waals surface area contributed by atoms with Gasteiger partial charge >= 0.3 is 0 Å². The fraction of sp³-hybridized carbons (Fsp3) is 0.0968. The third kappa shape index (κ3) is 7.38. The summed E-state index contributed by atoms with van der Waals surface area (Å²) in [7, 11) is -8.64. The van der Waals surface area contributed by atoms with Crippen LogP contribution in [0.1, 0.15) is 12.5 Å². The van der Waals surface area contributed by atoms with Crippen LogP contribution in [-0.4, -0.2) is 32.5 Å². The predicted molar refractivity (Wildman–Crippen MR) is 168 cm³/mol. The molecule has 0 saturated heterocycles. The number of hydrogen-bond acceptors (Lipinski definition) is 9. The van der Waals surface area contributed by atoms with Crippen molar-refractivity contribution in [2.24, 2.45) is 20.5 Å². The summed E-state index contributed by atoms with van der Waals surface area (Å²) in [5, 5.41) is 18.9. The Morgan fingerprint density at radius 2 is 1.14 bits per heavy atom. The quantitative estimate of drug-likeness (QED) is 0.116. The highest BCUT2D eigenvalue weighted by molar-refractivity contribution is 7.86. The van der Waals surface area contributed by atoms with Crippen LogP contribution < -0.4 is 4.90 Å². The molecule has 0 saturated carbocycles. The van der Waals surface area contributed by atoms with Gasteiger partial charge in [0.05, 0.1) is 32.5 Å². The average Bonchev–Trinajstić information content (AvgIpc) is 3.01. The van der Waals surface area contributed by atoms with E-state index in [9.17, 15) is 25.9 Å². The molecule has 5 aromatic carbocycles. The second-order valence-electron chi connectivity index (χ2n) is 9.67. The number of anilines is 1. The van der Waals surface area contributed by atoms with Crippen molar-refractivity contribution in [3.63, 3.8) is 0 Å². The highest BCUT2D eigenvalue weighted by Gasteiger charge is 2.13. The van der Waals surface area contributed by atoms with Gasteiger partial charge in [0.15, 0.2) is 0 Å². The lowest BCUT2D eigenvalue weighted by molar-refractivity contribution is 0.481. The van der Waals surface area contributed by atoms with E-state index < -0.39 is 20.2 Å². The molecule has 0 unspecified atom stereocenters. The van der Waals surface area contributed by atoms with Crippen LogP contribution in [0.5, 0.6) is 0 Å². The predicted octanol–water partition coefficient (Wildman–Crippen LogP) is 8.19. The lowest BCUT2D eigenvalue weighted by Crippen LogP contribution is -2.22. The first kappa shape index (κ1) is 30.6. The Kier molecular flexibility index (Phi) is 8.92. The molecular weight excluding hydrogens is 603 g/mol. The van der Waals surface area contributed by atoms with E-state index in [0.29, 0.717) is 30.2 Å². The molecule has 0 aromatic heterocycles. The molecule has 5 aromatic rings. The molecule has 0 bridgehead atoms. The van der Waals surface area contributed by atoms with Crippen LogP contribution in [0, 0.1) is 0 Å². The second-order valence-corrected chi connectivity index (χ2v) is 12.5. The fourth-order valence-corrected chi connectivity index (χ4v) is 5.58. The largest absolute Gasteiger partial charge is 0.367 e. The summed E-state index contributed by atoms with van der Waals surface area (Å²) < 4.78 is 64.6. The van der Waals surface area contributed by atoms with Gasteiger partial charge in [-0.1, -0.05) is 42.5 Å². The van der Waals surface area contributed by atoms with Gasteiger partial charge in [0, 0.05) is 29.5 Å². The molecule has 11 nitrogen and oxygen atoms in total. The van der Waals surface area contributed by atoms with Crippen molar-refractivity contribution in [1.29, 1.82) is 0 Å². The number of nitrogens with zero attached hydrogens (tertiary/aromatic N) is 5. The van der Waals surface area contributed by atoms with E-state index in [1.165, 1.54) is 30.3 Å². The summed E-state index contributed by atoms with van der Waals surface area (Å²) in [6.45, 7) is 3.10. The SMILES string of the molecule is CCN(Cc1cccc(S(=O)(=O)O)c1)c1ccc(/N=N/c2ccc(/N=N/c3cccc(S(=O)(=O)O)c3)c3ccccc23)cc1. The van der Waals surface area contributed by atoms with E-state index in [-0.39, 0.29) is 15.5 Å². The molecule has 0 heterocycles. The van der Waals surface area contributed by atoms with Crippen LogP contribution in [0.25, 0.3) is 10.8 Å². The number of hydrogen-bond donors (Lipinski definition) is 2. The summed E-state index contributed by atoms with van der Waals surface area (Å²) in [5.74, 6) is 0. The molecule has 13 heteroatoms. The van der Waals surface area contributed by atoms with Crippen molar-refractivity contribution in [3.05, 3.63) is 115 Å². The number of rotatable bonds is 10. The molecule has 0 spiro atoms. The van der Waals surface area contributed by atoms with Gasteiger partial charge < -0.3 is 4.90 Å². The minimum Gasteiger partial charge on any atom is -0.367 e. The minimum absolute atomic E-state index is 0.143. The first-order valence-corrected chi connectivity index (χ1v) is 16.2. The van der Waals surface area contributed by atoms with Gasteiger partial charge in [0.25, 0.3) is 20.2 Å². The van der Waals surface area contributed by atoms with Gasteiger partial charge in [-0.3, -0.25) is 9.11 Å². The number of azo groups is 2. The fourth-order valence-electron chi connectivity index (χ4n) is 4.51. The molecule has 5 rings (SSSR count). The molecule has 0 radical (unpaired) electrons. The summed E-state index contributed by atoms with van der Waals surface area (Å²) >= 11 is 0. The Morgan fingerprint density at radius 3 is 1.70 bits per heavy atom. The average molecular weight is 630 g/mol. The smallest absolute Gasteiger partial charge is 0.294 e. The lowest BCUT2D eigenvalue weighted by atomic mass is 10.1. The Balaban J connectivity index is 1.34. The maximum atomic E-state index is 11.5. The zero-order chi connectivity index (χ0) is 31.3. The van der Waals surface area contributed by atoms with Gasteiger partial charge in [-0.05, 0) is 79.2 Å². The molecule has 44 heavy (non-hydrogen) atoms. The van der Waals surface area contributed by atoms with Crippen molar-refractivity contribution in [2.45, 2.75) is 23.3 Å². The first-order valence-electron chi connectivity index (χ1n) is 13.4. The van der Waals surface area contributed by atoms with Gasteiger partial charge in [0.1, 0.15) is 0 Å². The molecule has 0 aliphatic carbocycles. The third-order valence-corrected chi connectivity index (χ3v) is 8.41. The summed E-state index contributed by atoms with van der Waals surface area (Å²) in [6.07, 6.45) is 0. The lowest BCUT2D eigenvalue weighted by Gasteiger charge is -2.23. The summed E-state index contributed by atoms with van der Waals surface area (Å²) in [6, 6.07) is 30.2. The van der Waals surface area contributed by atoms with E-state index in [1.807, 2.05) is 55.5 Å². The normalized spacial score (nSPS) is 12.3. The molecular formula is C31H27N5O6S2. The monoisotopic (exact) mass is 629 g/mol. The highest BCUT2D eigenvalue weighted by atomic mass is 32.2. The van der Waals surface area contributed by atoms with Crippen molar-refractivity contribution < 1.29 is 25.9 Å². The van der Waals surface area contributed by atoms with Crippen LogP contribution in [-0.2, 0) is 26.8 Å². The van der Waals surface area contributed by atoms with Gasteiger partial charge in [-0.15, -0.1) is 10.2 Å². The number of benzene rings is 5. The molecule has 0 atom stereocenters. The first-order chi connectivity index (χ1) is 21.0. The van der Waals surface area contributed by atoms with E-state index in [0.717, 1.165) is 22.0 Å². The van der Waals surface area contributed by atoms with E-state index in [4.69, 9.17) is 0 Å². The summed E-state index contributed by atoms with van der Waals surface area (Å²) in [5.41, 5.74) is 3.71. The standard InChI is InChI=1S/C31H27N5O6S2/c1-2-36(21-22-7-5-9-26(19-22)43(37,38)39)25-15-13-23(14-16-25)32-34-30-17-18-31(29-12-4-3-11-28(29)30)35-33-24-8-6-10-27(20-24)44(40,41)42/h3-20H,2,21H2,1H3,(H,37,38,39)(H,40,41,42)/b34-32+,35-33+. The van der Waals surface area contributed by atoms with Crippen LogP contribution in [0.2, 0.25) is 0 Å².